The van der Waals surface area contributed by atoms with Gasteiger partial charge in [0.1, 0.15) is 6.04 Å². The Morgan fingerprint density at radius 3 is 2.35 bits per heavy atom. The van der Waals surface area contributed by atoms with Gasteiger partial charge in [-0.15, -0.1) is 12.4 Å². The van der Waals surface area contributed by atoms with Gasteiger partial charge in [-0.3, -0.25) is 4.79 Å². The van der Waals surface area contributed by atoms with Crippen LogP contribution in [0.4, 0.5) is 0 Å². The average molecular weight is 333 g/mol. The lowest BCUT2D eigenvalue weighted by Gasteiger charge is -2.12. The van der Waals surface area contributed by atoms with E-state index in [1.54, 1.807) is 0 Å². The maximum atomic E-state index is 10.9. The number of halogens is 1. The van der Waals surface area contributed by atoms with Crippen LogP contribution < -0.4 is 10.6 Å². The van der Waals surface area contributed by atoms with Gasteiger partial charge in [0.25, 0.3) is 0 Å². The fourth-order valence-corrected chi connectivity index (χ4v) is 2.79. The van der Waals surface area contributed by atoms with E-state index in [0.717, 1.165) is 6.54 Å². The van der Waals surface area contributed by atoms with Crippen molar-refractivity contribution >= 4 is 18.4 Å². The largest absolute Gasteiger partial charge is 0.480 e. The highest BCUT2D eigenvalue weighted by Gasteiger charge is 2.28. The van der Waals surface area contributed by atoms with Crippen LogP contribution in [-0.4, -0.2) is 29.7 Å². The van der Waals surface area contributed by atoms with E-state index in [-0.39, 0.29) is 18.4 Å². The lowest BCUT2D eigenvalue weighted by atomic mass is 10.0. The molecule has 0 aromatic heterocycles. The van der Waals surface area contributed by atoms with Gasteiger partial charge >= 0.3 is 5.97 Å². The summed E-state index contributed by atoms with van der Waals surface area (Å²) in [7, 11) is 0. The predicted molar refractivity (Wildman–Crippen MR) is 93.8 cm³/mol. The molecule has 2 unspecified atom stereocenters. The first-order valence-electron chi connectivity index (χ1n) is 7.56. The van der Waals surface area contributed by atoms with E-state index in [1.807, 2.05) is 18.2 Å². The maximum Gasteiger partial charge on any atom is 0.320 e. The number of carboxylic acids is 1. The Bertz CT molecular complexity index is 631. The first-order chi connectivity index (χ1) is 10.7. The SMILES string of the molecule is Cl.O=C(O)C1CC(NCc2ccc(-c3ccccc3)cc2)CN1. The van der Waals surface area contributed by atoms with Crippen LogP contribution in [0, 0.1) is 0 Å². The van der Waals surface area contributed by atoms with Gasteiger partial charge in [-0.25, -0.2) is 0 Å². The van der Waals surface area contributed by atoms with Crippen LogP contribution in [0.1, 0.15) is 12.0 Å². The summed E-state index contributed by atoms with van der Waals surface area (Å²) in [5.41, 5.74) is 3.63. The molecule has 0 aliphatic carbocycles. The van der Waals surface area contributed by atoms with Crippen LogP contribution in [0.3, 0.4) is 0 Å². The van der Waals surface area contributed by atoms with E-state index in [4.69, 9.17) is 5.11 Å². The summed E-state index contributed by atoms with van der Waals surface area (Å²) < 4.78 is 0. The Kier molecular flexibility index (Phi) is 6.16. The van der Waals surface area contributed by atoms with Gasteiger partial charge in [-0.1, -0.05) is 54.6 Å². The number of rotatable bonds is 5. The van der Waals surface area contributed by atoms with Crippen molar-refractivity contribution in [2.24, 2.45) is 0 Å². The second kappa shape index (κ2) is 8.11. The van der Waals surface area contributed by atoms with Crippen molar-refractivity contribution in [1.82, 2.24) is 10.6 Å². The molecule has 1 aliphatic rings. The molecule has 122 valence electrons. The minimum atomic E-state index is -0.767. The fourth-order valence-electron chi connectivity index (χ4n) is 2.79. The summed E-state index contributed by atoms with van der Waals surface area (Å²) in [6.45, 7) is 1.47. The average Bonchev–Trinajstić information content (AvgIpc) is 3.04. The molecule has 1 fully saturated rings. The Morgan fingerprint density at radius 1 is 1.09 bits per heavy atom. The number of carboxylic acid groups (broad SMARTS) is 1. The van der Waals surface area contributed by atoms with E-state index in [9.17, 15) is 4.79 Å². The highest BCUT2D eigenvalue weighted by molar-refractivity contribution is 5.85. The minimum Gasteiger partial charge on any atom is -0.480 e. The molecule has 0 spiro atoms. The summed E-state index contributed by atoms with van der Waals surface area (Å²) in [6.07, 6.45) is 0.636. The second-order valence-electron chi connectivity index (χ2n) is 5.68. The van der Waals surface area contributed by atoms with Crippen molar-refractivity contribution in [3.05, 3.63) is 60.2 Å². The molecule has 1 saturated heterocycles. The summed E-state index contributed by atoms with van der Waals surface area (Å²) in [5.74, 6) is -0.767. The molecule has 1 heterocycles. The molecule has 5 heteroatoms. The normalized spacial score (nSPS) is 20.0. The van der Waals surface area contributed by atoms with Gasteiger partial charge in [-0.05, 0) is 23.1 Å². The monoisotopic (exact) mass is 332 g/mol. The molecule has 0 bridgehead atoms. The Balaban J connectivity index is 0.00000192. The zero-order chi connectivity index (χ0) is 15.4. The van der Waals surface area contributed by atoms with Crippen LogP contribution >= 0.6 is 12.4 Å². The summed E-state index contributed by atoms with van der Waals surface area (Å²) in [5, 5.41) is 15.4. The van der Waals surface area contributed by atoms with Crippen LogP contribution in [0.15, 0.2) is 54.6 Å². The van der Waals surface area contributed by atoms with Gasteiger partial charge in [0, 0.05) is 19.1 Å². The van der Waals surface area contributed by atoms with E-state index in [0.29, 0.717) is 13.0 Å². The number of aliphatic carboxylic acids is 1. The summed E-state index contributed by atoms with van der Waals surface area (Å²) >= 11 is 0. The van der Waals surface area contributed by atoms with Gasteiger partial charge < -0.3 is 15.7 Å². The molecule has 2 aromatic carbocycles. The molecule has 0 saturated carbocycles. The third kappa shape index (κ3) is 4.55. The van der Waals surface area contributed by atoms with Gasteiger partial charge in [0.2, 0.25) is 0 Å². The molecule has 3 N–H and O–H groups in total. The van der Waals surface area contributed by atoms with E-state index in [2.05, 4.69) is 47.0 Å². The van der Waals surface area contributed by atoms with Crippen LogP contribution in [0.25, 0.3) is 11.1 Å². The molecule has 23 heavy (non-hydrogen) atoms. The van der Waals surface area contributed by atoms with Crippen molar-refractivity contribution in [3.63, 3.8) is 0 Å². The summed E-state index contributed by atoms with van der Waals surface area (Å²) in [6, 6.07) is 18.6. The van der Waals surface area contributed by atoms with Crippen molar-refractivity contribution in [3.8, 4) is 11.1 Å². The quantitative estimate of drug-likeness (QED) is 0.788. The van der Waals surface area contributed by atoms with Gasteiger partial charge in [0.15, 0.2) is 0 Å². The number of hydrogen-bond donors (Lipinski definition) is 3. The third-order valence-corrected chi connectivity index (χ3v) is 4.08. The number of nitrogens with one attached hydrogen (secondary N) is 2. The molecule has 0 radical (unpaired) electrons. The van der Waals surface area contributed by atoms with E-state index in [1.165, 1.54) is 16.7 Å². The smallest absolute Gasteiger partial charge is 0.320 e. The van der Waals surface area contributed by atoms with E-state index < -0.39 is 12.0 Å². The highest BCUT2D eigenvalue weighted by atomic mass is 35.5. The summed E-state index contributed by atoms with van der Waals surface area (Å²) in [4.78, 5) is 10.9. The molecular weight excluding hydrogens is 312 g/mol. The van der Waals surface area contributed by atoms with Crippen molar-refractivity contribution < 1.29 is 9.90 Å². The zero-order valence-corrected chi connectivity index (χ0v) is 13.6. The standard InChI is InChI=1S/C18H20N2O2.ClH/c21-18(22)17-10-16(12-20-17)19-11-13-6-8-15(9-7-13)14-4-2-1-3-5-14;/h1-9,16-17,19-20H,10-12H2,(H,21,22);1H. The third-order valence-electron chi connectivity index (χ3n) is 4.08. The van der Waals surface area contributed by atoms with Crippen LogP contribution in [0.2, 0.25) is 0 Å². The molecule has 3 rings (SSSR count). The molecule has 1 aliphatic heterocycles. The fraction of sp³-hybridized carbons (Fsp3) is 0.278. The van der Waals surface area contributed by atoms with E-state index >= 15 is 0 Å². The molecule has 2 atom stereocenters. The first kappa shape index (κ1) is 17.5. The van der Waals surface area contributed by atoms with Crippen molar-refractivity contribution in [1.29, 1.82) is 0 Å². The highest BCUT2D eigenvalue weighted by Crippen LogP contribution is 2.19. The van der Waals surface area contributed by atoms with Crippen molar-refractivity contribution in [2.45, 2.75) is 25.0 Å². The molecule has 2 aromatic rings. The molecule has 0 amide bonds. The number of carbonyl (C=O) groups is 1. The van der Waals surface area contributed by atoms with Crippen LogP contribution in [-0.2, 0) is 11.3 Å². The van der Waals surface area contributed by atoms with Gasteiger partial charge in [0.05, 0.1) is 0 Å². The molecular formula is C18H21ClN2O2. The predicted octanol–water partition coefficient (Wildman–Crippen LogP) is 2.68. The Morgan fingerprint density at radius 2 is 1.74 bits per heavy atom. The first-order valence-corrected chi connectivity index (χ1v) is 7.56. The lowest BCUT2D eigenvalue weighted by Crippen LogP contribution is -2.30. The zero-order valence-electron chi connectivity index (χ0n) is 12.7. The van der Waals surface area contributed by atoms with Crippen molar-refractivity contribution in [2.75, 3.05) is 6.54 Å². The Hall–Kier alpha value is -1.88. The molecule has 4 nitrogen and oxygen atoms in total. The van der Waals surface area contributed by atoms with Crippen LogP contribution in [0.5, 0.6) is 0 Å². The second-order valence-corrected chi connectivity index (χ2v) is 5.68. The van der Waals surface area contributed by atoms with Gasteiger partial charge in [-0.2, -0.15) is 0 Å². The topological polar surface area (TPSA) is 61.4 Å². The lowest BCUT2D eigenvalue weighted by molar-refractivity contribution is -0.139. The Labute approximate surface area is 142 Å². The number of benzene rings is 2. The minimum absolute atomic E-state index is 0. The maximum absolute atomic E-state index is 10.9. The number of hydrogen-bond acceptors (Lipinski definition) is 3.